The van der Waals surface area contributed by atoms with Crippen molar-refractivity contribution in [3.05, 3.63) is 126 Å². The summed E-state index contributed by atoms with van der Waals surface area (Å²) in [5, 5.41) is 8.63. The number of rotatable bonds is 4. The van der Waals surface area contributed by atoms with Gasteiger partial charge in [0.15, 0.2) is 0 Å². The van der Waals surface area contributed by atoms with E-state index in [4.69, 9.17) is 14.6 Å². The third-order valence-electron chi connectivity index (χ3n) is 4.03. The van der Waals surface area contributed by atoms with Gasteiger partial charge in [-0.3, -0.25) is 0 Å². The minimum absolute atomic E-state index is 0. The summed E-state index contributed by atoms with van der Waals surface area (Å²) < 4.78 is 10.6. The molecule has 0 aromatic heterocycles. The van der Waals surface area contributed by atoms with Crippen LogP contribution in [0.1, 0.15) is 28.1 Å². The first-order valence-corrected chi connectivity index (χ1v) is 9.51. The number of carbonyl (C=O) groups excluding carboxylic acids is 2. The average molecular weight is 428 g/mol. The predicted molar refractivity (Wildman–Crippen MR) is 124 cm³/mol. The van der Waals surface area contributed by atoms with Crippen LogP contribution >= 0.6 is 0 Å². The van der Waals surface area contributed by atoms with E-state index in [1.54, 1.807) is 84.9 Å². The Hall–Kier alpha value is -4.38. The van der Waals surface area contributed by atoms with E-state index in [-0.39, 0.29) is 18.6 Å². The van der Waals surface area contributed by atoms with Gasteiger partial charge in [0.05, 0.1) is 11.1 Å². The molecule has 4 aromatic carbocycles. The molecule has 0 aliphatic rings. The van der Waals surface area contributed by atoms with Crippen molar-refractivity contribution in [1.29, 1.82) is 0 Å². The molecule has 0 saturated heterocycles. The Balaban J connectivity index is 0.000000388. The normalized spacial score (nSPS) is 9.38. The number of ether oxygens (including phenoxy) is 2. The van der Waals surface area contributed by atoms with Gasteiger partial charge in [0.25, 0.3) is 0 Å². The van der Waals surface area contributed by atoms with Crippen LogP contribution < -0.4 is 9.47 Å². The van der Waals surface area contributed by atoms with Crippen molar-refractivity contribution in [2.45, 2.75) is 7.43 Å². The molecule has 0 fully saturated rings. The summed E-state index contributed by atoms with van der Waals surface area (Å²) in [5.41, 5.74) is 0.310. The van der Waals surface area contributed by atoms with E-state index in [1.165, 1.54) is 12.1 Å². The lowest BCUT2D eigenvalue weighted by atomic mass is 10.1. The van der Waals surface area contributed by atoms with Crippen molar-refractivity contribution in [3.63, 3.8) is 0 Å². The second kappa shape index (κ2) is 12.3. The highest BCUT2D eigenvalue weighted by Crippen LogP contribution is 2.17. The van der Waals surface area contributed by atoms with E-state index >= 15 is 0 Å². The Morgan fingerprint density at radius 2 is 0.812 bits per heavy atom. The predicted octanol–water partition coefficient (Wildman–Crippen LogP) is 6.15. The zero-order valence-electron chi connectivity index (χ0n) is 16.5. The van der Waals surface area contributed by atoms with Gasteiger partial charge in [-0.25, -0.2) is 9.59 Å². The number of hydrogen-bond donors (Lipinski definition) is 1. The Labute approximate surface area is 187 Å². The largest absolute Gasteiger partial charge is 0.508 e. The Kier molecular flexibility index (Phi) is 9.22. The number of esters is 2. The van der Waals surface area contributed by atoms with E-state index < -0.39 is 11.9 Å². The van der Waals surface area contributed by atoms with E-state index in [0.29, 0.717) is 17.2 Å². The van der Waals surface area contributed by atoms with E-state index in [1.807, 2.05) is 18.2 Å². The first-order valence-electron chi connectivity index (χ1n) is 9.51. The molecule has 0 saturated carbocycles. The molecule has 5 heteroatoms. The lowest BCUT2D eigenvalue weighted by Crippen LogP contribution is -2.17. The van der Waals surface area contributed by atoms with Crippen molar-refractivity contribution in [2.75, 3.05) is 0 Å². The Bertz CT molecular complexity index is 1040. The van der Waals surface area contributed by atoms with Gasteiger partial charge in [-0.15, -0.1) is 0 Å². The molecule has 0 atom stereocenters. The molecule has 5 nitrogen and oxygen atoms in total. The molecule has 4 aromatic rings. The highest BCUT2D eigenvalue weighted by atomic mass is 16.5. The van der Waals surface area contributed by atoms with Crippen LogP contribution in [0, 0.1) is 0 Å². The zero-order valence-corrected chi connectivity index (χ0v) is 16.5. The SMILES string of the molecule is C.O=C(Oc1ccccc1)c1ccccc1C(=O)Oc1ccccc1.Oc1ccccc1. The van der Waals surface area contributed by atoms with Crippen LogP contribution in [0.15, 0.2) is 115 Å². The Morgan fingerprint density at radius 1 is 0.500 bits per heavy atom. The van der Waals surface area contributed by atoms with Gasteiger partial charge in [-0.1, -0.05) is 74.2 Å². The van der Waals surface area contributed by atoms with Gasteiger partial charge in [0.1, 0.15) is 17.2 Å². The van der Waals surface area contributed by atoms with Crippen LogP contribution in [0.25, 0.3) is 0 Å². The molecule has 0 radical (unpaired) electrons. The summed E-state index contributed by atoms with van der Waals surface area (Å²) in [6.07, 6.45) is 0. The molecule has 0 bridgehead atoms. The van der Waals surface area contributed by atoms with Crippen molar-refractivity contribution in [1.82, 2.24) is 0 Å². The molecular weight excluding hydrogens is 404 g/mol. The van der Waals surface area contributed by atoms with Gasteiger partial charge in [0, 0.05) is 0 Å². The monoisotopic (exact) mass is 428 g/mol. The number of phenols is 1. The van der Waals surface area contributed by atoms with Gasteiger partial charge in [-0.2, -0.15) is 0 Å². The number of carbonyl (C=O) groups is 2. The summed E-state index contributed by atoms with van der Waals surface area (Å²) in [5.74, 6) is -0.0754. The molecule has 0 heterocycles. The standard InChI is InChI=1S/C20H14O4.C6H6O.CH4/c21-19(23-15-9-3-1-4-10-15)17-13-7-8-14-18(17)20(22)24-16-11-5-2-6-12-16;7-6-4-2-1-3-5-6;/h1-14H;1-5,7H;1H4. The van der Waals surface area contributed by atoms with Gasteiger partial charge >= 0.3 is 11.9 Å². The number of para-hydroxylation sites is 3. The first kappa shape index (κ1) is 23.9. The fraction of sp³-hybridized carbons (Fsp3) is 0.0370. The molecule has 162 valence electrons. The maximum absolute atomic E-state index is 12.4. The highest BCUT2D eigenvalue weighted by molar-refractivity contribution is 6.04. The average Bonchev–Trinajstić information content (AvgIpc) is 2.81. The number of aromatic hydroxyl groups is 1. The van der Waals surface area contributed by atoms with Crippen LogP contribution in [0.5, 0.6) is 17.2 Å². The summed E-state index contributed by atoms with van der Waals surface area (Å²) >= 11 is 0. The van der Waals surface area contributed by atoms with Crippen molar-refractivity contribution < 1.29 is 24.2 Å². The van der Waals surface area contributed by atoms with E-state index in [9.17, 15) is 9.59 Å². The number of hydrogen-bond acceptors (Lipinski definition) is 5. The molecule has 0 spiro atoms. The third-order valence-corrected chi connectivity index (χ3v) is 4.03. The maximum atomic E-state index is 12.4. The molecule has 0 amide bonds. The van der Waals surface area contributed by atoms with Crippen molar-refractivity contribution in [3.8, 4) is 17.2 Å². The lowest BCUT2D eigenvalue weighted by molar-refractivity contribution is 0.0692. The third kappa shape index (κ3) is 7.15. The van der Waals surface area contributed by atoms with Gasteiger partial charge in [0.2, 0.25) is 0 Å². The fourth-order valence-electron chi connectivity index (χ4n) is 2.57. The van der Waals surface area contributed by atoms with Crippen LogP contribution in [-0.2, 0) is 0 Å². The molecular formula is C27H24O5. The second-order valence-electron chi connectivity index (χ2n) is 6.29. The van der Waals surface area contributed by atoms with E-state index in [0.717, 1.165) is 0 Å². The van der Waals surface area contributed by atoms with E-state index in [2.05, 4.69) is 0 Å². The van der Waals surface area contributed by atoms with Crippen molar-refractivity contribution >= 4 is 11.9 Å². The summed E-state index contributed by atoms with van der Waals surface area (Å²) in [6, 6.07) is 32.5. The Morgan fingerprint density at radius 3 is 1.12 bits per heavy atom. The lowest BCUT2D eigenvalue weighted by Gasteiger charge is -2.09. The molecule has 32 heavy (non-hydrogen) atoms. The minimum Gasteiger partial charge on any atom is -0.508 e. The quantitative estimate of drug-likeness (QED) is 0.312. The summed E-state index contributed by atoms with van der Waals surface area (Å²) in [7, 11) is 0. The number of benzene rings is 4. The minimum atomic E-state index is -0.609. The van der Waals surface area contributed by atoms with Crippen molar-refractivity contribution in [2.24, 2.45) is 0 Å². The zero-order chi connectivity index (χ0) is 21.9. The number of phenolic OH excluding ortho intramolecular Hbond substituents is 1. The smallest absolute Gasteiger partial charge is 0.344 e. The van der Waals surface area contributed by atoms with Crippen LogP contribution in [0.2, 0.25) is 0 Å². The second-order valence-corrected chi connectivity index (χ2v) is 6.29. The molecule has 0 aliphatic heterocycles. The first-order chi connectivity index (χ1) is 15.1. The molecule has 0 unspecified atom stereocenters. The fourth-order valence-corrected chi connectivity index (χ4v) is 2.57. The summed E-state index contributed by atoms with van der Waals surface area (Å²) in [4.78, 5) is 24.7. The maximum Gasteiger partial charge on any atom is 0.344 e. The van der Waals surface area contributed by atoms with Crippen LogP contribution in [-0.4, -0.2) is 17.0 Å². The van der Waals surface area contributed by atoms with Gasteiger partial charge in [-0.05, 0) is 48.5 Å². The topological polar surface area (TPSA) is 72.8 Å². The molecule has 1 N–H and O–H groups in total. The molecule has 4 rings (SSSR count). The van der Waals surface area contributed by atoms with Gasteiger partial charge < -0.3 is 14.6 Å². The summed E-state index contributed by atoms with van der Waals surface area (Å²) in [6.45, 7) is 0. The van der Waals surface area contributed by atoms with Crippen LogP contribution in [0.4, 0.5) is 0 Å². The highest BCUT2D eigenvalue weighted by Gasteiger charge is 2.20. The van der Waals surface area contributed by atoms with Crippen LogP contribution in [0.3, 0.4) is 0 Å². The molecule has 0 aliphatic carbocycles.